The average Bonchev–Trinajstić information content (AvgIpc) is 2.98. The zero-order valence-corrected chi connectivity index (χ0v) is 14.5. The topological polar surface area (TPSA) is 87.7 Å². The predicted octanol–water partition coefficient (Wildman–Crippen LogP) is 0.304. The summed E-state index contributed by atoms with van der Waals surface area (Å²) in [5.74, 6) is -0.589. The van der Waals surface area contributed by atoms with Crippen molar-refractivity contribution in [3.8, 4) is 0 Å². The van der Waals surface area contributed by atoms with Gasteiger partial charge in [-0.3, -0.25) is 14.4 Å². The van der Waals surface area contributed by atoms with E-state index in [0.29, 0.717) is 39.2 Å². The van der Waals surface area contributed by atoms with Gasteiger partial charge in [0.2, 0.25) is 17.7 Å². The Kier molecular flexibility index (Phi) is 7.40. The van der Waals surface area contributed by atoms with Crippen LogP contribution in [0, 0.1) is 5.92 Å². The summed E-state index contributed by atoms with van der Waals surface area (Å²) in [6, 6.07) is 9.72. The molecule has 0 spiro atoms. The van der Waals surface area contributed by atoms with E-state index in [1.165, 1.54) is 7.11 Å². The Bertz CT molecular complexity index is 591. The van der Waals surface area contributed by atoms with Gasteiger partial charge < -0.3 is 20.3 Å². The van der Waals surface area contributed by atoms with Crippen LogP contribution < -0.4 is 10.6 Å². The molecule has 1 saturated heterocycles. The number of nitrogens with one attached hydrogen (secondary N) is 2. The number of carbonyl (C=O) groups excluding carboxylic acids is 3. The van der Waals surface area contributed by atoms with Crippen LogP contribution in [0.4, 0.5) is 0 Å². The van der Waals surface area contributed by atoms with Crippen LogP contribution in [-0.2, 0) is 25.7 Å². The zero-order valence-electron chi connectivity index (χ0n) is 14.5. The molecule has 3 amide bonds. The Balaban J connectivity index is 1.68. The normalized spacial score (nSPS) is 16.8. The number of benzene rings is 1. The van der Waals surface area contributed by atoms with Crippen molar-refractivity contribution in [2.75, 3.05) is 33.4 Å². The third-order valence-corrected chi connectivity index (χ3v) is 4.08. The lowest BCUT2D eigenvalue weighted by atomic mass is 10.1. The van der Waals surface area contributed by atoms with Crippen molar-refractivity contribution >= 4 is 17.7 Å². The molecule has 2 rings (SSSR count). The van der Waals surface area contributed by atoms with Crippen molar-refractivity contribution < 1.29 is 19.1 Å². The molecule has 0 bridgehead atoms. The highest BCUT2D eigenvalue weighted by atomic mass is 16.5. The van der Waals surface area contributed by atoms with E-state index in [0.717, 1.165) is 5.56 Å². The van der Waals surface area contributed by atoms with Gasteiger partial charge in [-0.05, 0) is 5.56 Å². The first kappa shape index (κ1) is 18.9. The molecule has 1 fully saturated rings. The number of amides is 3. The fraction of sp³-hybridized carbons (Fsp3) is 0.500. The summed E-state index contributed by atoms with van der Waals surface area (Å²) in [4.78, 5) is 37.4. The highest BCUT2D eigenvalue weighted by Crippen LogP contribution is 2.20. The summed E-state index contributed by atoms with van der Waals surface area (Å²) in [5.41, 5.74) is 1.05. The maximum absolute atomic E-state index is 12.2. The van der Waals surface area contributed by atoms with Gasteiger partial charge in [0.1, 0.15) is 0 Å². The van der Waals surface area contributed by atoms with E-state index < -0.39 is 0 Å². The number of nitrogens with zero attached hydrogens (tertiary/aromatic N) is 1. The van der Waals surface area contributed by atoms with Crippen molar-refractivity contribution in [1.82, 2.24) is 15.5 Å². The average molecular weight is 347 g/mol. The minimum atomic E-state index is -0.333. The Morgan fingerprint density at radius 2 is 1.92 bits per heavy atom. The molecular formula is C18H25N3O4. The minimum absolute atomic E-state index is 0.00290. The highest BCUT2D eigenvalue weighted by Gasteiger charge is 2.33. The molecule has 1 aromatic rings. The van der Waals surface area contributed by atoms with Crippen LogP contribution in [0.2, 0.25) is 0 Å². The molecular weight excluding hydrogens is 322 g/mol. The van der Waals surface area contributed by atoms with Crippen LogP contribution in [0.5, 0.6) is 0 Å². The lowest BCUT2D eigenvalue weighted by Crippen LogP contribution is -2.38. The maximum Gasteiger partial charge on any atom is 0.225 e. The van der Waals surface area contributed by atoms with Gasteiger partial charge in [0.25, 0.3) is 0 Å². The number of hydrogen-bond donors (Lipinski definition) is 2. The number of methoxy groups -OCH3 is 1. The van der Waals surface area contributed by atoms with Crippen LogP contribution in [0.3, 0.4) is 0 Å². The Labute approximate surface area is 147 Å². The molecule has 0 aromatic heterocycles. The van der Waals surface area contributed by atoms with Gasteiger partial charge in [0.15, 0.2) is 0 Å². The second-order valence-corrected chi connectivity index (χ2v) is 6.04. The van der Waals surface area contributed by atoms with Gasteiger partial charge in [-0.2, -0.15) is 0 Å². The molecule has 1 aromatic carbocycles. The number of ether oxygens (including phenoxy) is 1. The van der Waals surface area contributed by atoms with Crippen LogP contribution in [0.15, 0.2) is 30.3 Å². The smallest absolute Gasteiger partial charge is 0.225 e. The molecule has 0 aliphatic carbocycles. The molecule has 7 heteroatoms. The third-order valence-electron chi connectivity index (χ3n) is 4.08. The Hall–Kier alpha value is -2.41. The molecule has 0 radical (unpaired) electrons. The third kappa shape index (κ3) is 6.19. The molecule has 1 atom stereocenters. The first-order chi connectivity index (χ1) is 12.1. The van der Waals surface area contributed by atoms with Gasteiger partial charge in [-0.1, -0.05) is 30.3 Å². The van der Waals surface area contributed by atoms with Crippen molar-refractivity contribution in [2.45, 2.75) is 19.4 Å². The molecule has 1 aliphatic rings. The summed E-state index contributed by atoms with van der Waals surface area (Å²) in [6.45, 7) is 2.04. The molecule has 7 nitrogen and oxygen atoms in total. The summed E-state index contributed by atoms with van der Waals surface area (Å²) < 4.78 is 4.82. The van der Waals surface area contributed by atoms with E-state index in [1.54, 1.807) is 4.90 Å². The van der Waals surface area contributed by atoms with Crippen LogP contribution >= 0.6 is 0 Å². The van der Waals surface area contributed by atoms with E-state index in [-0.39, 0.29) is 30.1 Å². The molecule has 1 unspecified atom stereocenters. The van der Waals surface area contributed by atoms with Crippen molar-refractivity contribution in [2.24, 2.45) is 5.92 Å². The number of carbonyl (C=O) groups is 3. The lowest BCUT2D eigenvalue weighted by molar-refractivity contribution is -0.129. The first-order valence-electron chi connectivity index (χ1n) is 8.45. The fourth-order valence-corrected chi connectivity index (χ4v) is 2.72. The zero-order chi connectivity index (χ0) is 18.1. The van der Waals surface area contributed by atoms with E-state index >= 15 is 0 Å². The standard InChI is InChI=1S/C18H25N3O4/c1-25-10-7-16(22)19-8-9-20-18(24)15-11-17(23)21(13-15)12-14-5-3-2-4-6-14/h2-6,15H,7-13H2,1H3,(H,19,22)(H,20,24). The molecule has 1 aliphatic heterocycles. The van der Waals surface area contributed by atoms with Gasteiger partial charge in [0.05, 0.1) is 12.5 Å². The molecule has 2 N–H and O–H groups in total. The number of likely N-dealkylation sites (tertiary alicyclic amines) is 1. The van der Waals surface area contributed by atoms with Gasteiger partial charge in [-0.15, -0.1) is 0 Å². The second kappa shape index (κ2) is 9.78. The van der Waals surface area contributed by atoms with E-state index in [4.69, 9.17) is 4.74 Å². The van der Waals surface area contributed by atoms with Crippen LogP contribution in [-0.4, -0.2) is 56.0 Å². The number of hydrogen-bond acceptors (Lipinski definition) is 4. The highest BCUT2D eigenvalue weighted by molar-refractivity contribution is 5.89. The van der Waals surface area contributed by atoms with E-state index in [1.807, 2.05) is 30.3 Å². The Morgan fingerprint density at radius 1 is 1.20 bits per heavy atom. The predicted molar refractivity (Wildman–Crippen MR) is 92.5 cm³/mol. The van der Waals surface area contributed by atoms with Crippen LogP contribution in [0.25, 0.3) is 0 Å². The number of rotatable bonds is 9. The lowest BCUT2D eigenvalue weighted by Gasteiger charge is -2.16. The minimum Gasteiger partial charge on any atom is -0.384 e. The molecule has 1 heterocycles. The molecule has 0 saturated carbocycles. The first-order valence-corrected chi connectivity index (χ1v) is 8.45. The summed E-state index contributed by atoms with van der Waals surface area (Å²) in [5, 5.41) is 5.48. The summed E-state index contributed by atoms with van der Waals surface area (Å²) >= 11 is 0. The van der Waals surface area contributed by atoms with E-state index in [9.17, 15) is 14.4 Å². The maximum atomic E-state index is 12.2. The second-order valence-electron chi connectivity index (χ2n) is 6.04. The Morgan fingerprint density at radius 3 is 2.64 bits per heavy atom. The van der Waals surface area contributed by atoms with Gasteiger partial charge in [0, 0.05) is 46.1 Å². The summed E-state index contributed by atoms with van der Waals surface area (Å²) in [7, 11) is 1.54. The fourth-order valence-electron chi connectivity index (χ4n) is 2.72. The monoisotopic (exact) mass is 347 g/mol. The van der Waals surface area contributed by atoms with Crippen molar-refractivity contribution in [1.29, 1.82) is 0 Å². The van der Waals surface area contributed by atoms with Crippen molar-refractivity contribution in [3.05, 3.63) is 35.9 Å². The molecule has 136 valence electrons. The van der Waals surface area contributed by atoms with Crippen molar-refractivity contribution in [3.63, 3.8) is 0 Å². The SMILES string of the molecule is COCCC(=O)NCCNC(=O)C1CC(=O)N(Cc2ccccc2)C1. The van der Waals surface area contributed by atoms with Gasteiger partial charge in [-0.25, -0.2) is 0 Å². The van der Waals surface area contributed by atoms with Crippen LogP contribution in [0.1, 0.15) is 18.4 Å². The largest absolute Gasteiger partial charge is 0.384 e. The van der Waals surface area contributed by atoms with Gasteiger partial charge >= 0.3 is 0 Å². The molecule has 25 heavy (non-hydrogen) atoms. The van der Waals surface area contributed by atoms with E-state index in [2.05, 4.69) is 10.6 Å². The summed E-state index contributed by atoms with van der Waals surface area (Å²) in [6.07, 6.45) is 0.537. The quantitative estimate of drug-likeness (QED) is 0.629.